The third-order valence-electron chi connectivity index (χ3n) is 2.50. The molecule has 1 heterocycles. The molecule has 0 unspecified atom stereocenters. The molecule has 0 spiro atoms. The van der Waals surface area contributed by atoms with Gasteiger partial charge in [-0.3, -0.25) is 0 Å². The van der Waals surface area contributed by atoms with Crippen molar-refractivity contribution in [3.8, 4) is 11.3 Å². The zero-order valence-corrected chi connectivity index (χ0v) is 9.87. The van der Waals surface area contributed by atoms with E-state index in [1.807, 2.05) is 19.9 Å². The highest BCUT2D eigenvalue weighted by Crippen LogP contribution is 2.23. The van der Waals surface area contributed by atoms with Crippen LogP contribution in [0.2, 0.25) is 0 Å². The lowest BCUT2D eigenvalue weighted by Gasteiger charge is -2.07. The van der Waals surface area contributed by atoms with Crippen molar-refractivity contribution in [3.63, 3.8) is 0 Å². The van der Waals surface area contributed by atoms with E-state index in [4.69, 9.17) is 0 Å². The minimum Gasteiger partial charge on any atom is -0.370 e. The second kappa shape index (κ2) is 4.91. The molecule has 0 saturated heterocycles. The molecule has 0 bridgehead atoms. The molecular formula is C13H14FN3. The fourth-order valence-electron chi connectivity index (χ4n) is 1.65. The average molecular weight is 231 g/mol. The van der Waals surface area contributed by atoms with Crippen molar-refractivity contribution in [3.05, 3.63) is 42.0 Å². The molecule has 0 saturated carbocycles. The zero-order valence-electron chi connectivity index (χ0n) is 9.87. The Hall–Kier alpha value is -1.97. The van der Waals surface area contributed by atoms with Crippen LogP contribution >= 0.6 is 0 Å². The lowest BCUT2D eigenvalue weighted by molar-refractivity contribution is 0.628. The van der Waals surface area contributed by atoms with Gasteiger partial charge in [-0.25, -0.2) is 14.4 Å². The number of hydrogen-bond donors (Lipinski definition) is 1. The van der Waals surface area contributed by atoms with Gasteiger partial charge in [0.05, 0.1) is 5.69 Å². The van der Waals surface area contributed by atoms with Crippen LogP contribution in [-0.4, -0.2) is 16.5 Å². The van der Waals surface area contributed by atoms with E-state index in [9.17, 15) is 4.39 Å². The van der Waals surface area contributed by atoms with Crippen LogP contribution < -0.4 is 5.32 Å². The molecule has 0 aliphatic carbocycles. The van der Waals surface area contributed by atoms with Gasteiger partial charge in [0.15, 0.2) is 0 Å². The number of nitrogens with zero attached hydrogens (tertiary/aromatic N) is 2. The van der Waals surface area contributed by atoms with E-state index in [0.29, 0.717) is 0 Å². The molecule has 0 atom stereocenters. The Morgan fingerprint density at radius 1 is 1.24 bits per heavy atom. The summed E-state index contributed by atoms with van der Waals surface area (Å²) in [6.45, 7) is 4.72. The first-order valence-electron chi connectivity index (χ1n) is 5.53. The minimum atomic E-state index is -0.255. The molecule has 3 nitrogen and oxygen atoms in total. The highest BCUT2D eigenvalue weighted by molar-refractivity contribution is 5.65. The van der Waals surface area contributed by atoms with Gasteiger partial charge in [-0.05, 0) is 31.5 Å². The first kappa shape index (κ1) is 11.5. The Kier molecular flexibility index (Phi) is 3.32. The standard InChI is InChI=1S/C13H14FN3/c1-3-15-13-7-12(16-8-17-13)11-6-10(14)5-4-9(11)2/h4-8H,3H2,1-2H3,(H,15,16,17). The third kappa shape index (κ3) is 2.58. The van der Waals surface area contributed by atoms with Crippen molar-refractivity contribution >= 4 is 5.82 Å². The van der Waals surface area contributed by atoms with E-state index in [-0.39, 0.29) is 5.82 Å². The third-order valence-corrected chi connectivity index (χ3v) is 2.50. The number of halogens is 1. The van der Waals surface area contributed by atoms with Crippen LogP contribution in [0.5, 0.6) is 0 Å². The largest absolute Gasteiger partial charge is 0.370 e. The molecule has 0 aliphatic heterocycles. The number of anilines is 1. The molecule has 2 rings (SSSR count). The van der Waals surface area contributed by atoms with Crippen molar-refractivity contribution in [2.24, 2.45) is 0 Å². The summed E-state index contributed by atoms with van der Waals surface area (Å²) in [6.07, 6.45) is 1.48. The van der Waals surface area contributed by atoms with Gasteiger partial charge in [0.1, 0.15) is 18.0 Å². The van der Waals surface area contributed by atoms with Crippen molar-refractivity contribution in [2.75, 3.05) is 11.9 Å². The van der Waals surface area contributed by atoms with Gasteiger partial charge in [-0.15, -0.1) is 0 Å². The molecule has 0 fully saturated rings. The van der Waals surface area contributed by atoms with E-state index in [0.717, 1.165) is 29.2 Å². The summed E-state index contributed by atoms with van der Waals surface area (Å²) < 4.78 is 13.2. The van der Waals surface area contributed by atoms with Crippen molar-refractivity contribution in [1.29, 1.82) is 0 Å². The van der Waals surface area contributed by atoms with E-state index in [2.05, 4.69) is 15.3 Å². The second-order valence-corrected chi connectivity index (χ2v) is 3.78. The molecule has 0 aliphatic rings. The van der Waals surface area contributed by atoms with E-state index >= 15 is 0 Å². The topological polar surface area (TPSA) is 37.8 Å². The van der Waals surface area contributed by atoms with Gasteiger partial charge in [0.2, 0.25) is 0 Å². The zero-order chi connectivity index (χ0) is 12.3. The van der Waals surface area contributed by atoms with Gasteiger partial charge in [0.25, 0.3) is 0 Å². The van der Waals surface area contributed by atoms with Gasteiger partial charge in [-0.1, -0.05) is 6.07 Å². The lowest BCUT2D eigenvalue weighted by Crippen LogP contribution is -2.00. The molecule has 0 amide bonds. The van der Waals surface area contributed by atoms with Crippen LogP contribution in [0.4, 0.5) is 10.2 Å². The molecule has 0 radical (unpaired) electrons. The van der Waals surface area contributed by atoms with Crippen LogP contribution in [0.3, 0.4) is 0 Å². The number of hydrogen-bond acceptors (Lipinski definition) is 3. The number of benzene rings is 1. The summed E-state index contributed by atoms with van der Waals surface area (Å²) in [7, 11) is 0. The SMILES string of the molecule is CCNc1cc(-c2cc(F)ccc2C)ncn1. The summed E-state index contributed by atoms with van der Waals surface area (Å²) in [5.74, 6) is 0.496. The highest BCUT2D eigenvalue weighted by atomic mass is 19.1. The predicted molar refractivity (Wildman–Crippen MR) is 66.3 cm³/mol. The fraction of sp³-hybridized carbons (Fsp3) is 0.231. The molecule has 1 aromatic heterocycles. The lowest BCUT2D eigenvalue weighted by atomic mass is 10.1. The Morgan fingerprint density at radius 3 is 2.82 bits per heavy atom. The van der Waals surface area contributed by atoms with Crippen LogP contribution in [0, 0.1) is 12.7 Å². The fourth-order valence-corrected chi connectivity index (χ4v) is 1.65. The van der Waals surface area contributed by atoms with Gasteiger partial charge < -0.3 is 5.32 Å². The highest BCUT2D eigenvalue weighted by Gasteiger charge is 2.06. The maximum absolute atomic E-state index is 13.2. The molecule has 4 heteroatoms. The number of aromatic nitrogens is 2. The Balaban J connectivity index is 2.45. The minimum absolute atomic E-state index is 0.255. The Labute approximate surface area is 99.7 Å². The number of aryl methyl sites for hydroxylation is 1. The van der Waals surface area contributed by atoms with E-state index in [1.54, 1.807) is 6.07 Å². The van der Waals surface area contributed by atoms with Crippen LogP contribution in [0.15, 0.2) is 30.6 Å². The smallest absolute Gasteiger partial charge is 0.129 e. The van der Waals surface area contributed by atoms with Gasteiger partial charge in [0, 0.05) is 18.2 Å². The number of rotatable bonds is 3. The molecule has 1 aromatic carbocycles. The summed E-state index contributed by atoms with van der Waals surface area (Å²) in [5.41, 5.74) is 2.52. The number of nitrogens with one attached hydrogen (secondary N) is 1. The quantitative estimate of drug-likeness (QED) is 0.882. The van der Waals surface area contributed by atoms with Crippen molar-refractivity contribution < 1.29 is 4.39 Å². The maximum atomic E-state index is 13.2. The van der Waals surface area contributed by atoms with E-state index in [1.165, 1.54) is 18.5 Å². The molecule has 1 N–H and O–H groups in total. The second-order valence-electron chi connectivity index (χ2n) is 3.78. The Morgan fingerprint density at radius 2 is 2.06 bits per heavy atom. The molecule has 2 aromatic rings. The monoisotopic (exact) mass is 231 g/mol. The Bertz CT molecular complexity index is 526. The summed E-state index contributed by atoms with van der Waals surface area (Å²) in [6, 6.07) is 6.52. The van der Waals surface area contributed by atoms with Crippen LogP contribution in [-0.2, 0) is 0 Å². The molecule has 88 valence electrons. The maximum Gasteiger partial charge on any atom is 0.129 e. The summed E-state index contributed by atoms with van der Waals surface area (Å²) in [4.78, 5) is 8.27. The average Bonchev–Trinajstić information content (AvgIpc) is 2.33. The van der Waals surface area contributed by atoms with Crippen LogP contribution in [0.1, 0.15) is 12.5 Å². The van der Waals surface area contributed by atoms with Gasteiger partial charge >= 0.3 is 0 Å². The molecular weight excluding hydrogens is 217 g/mol. The first-order valence-corrected chi connectivity index (χ1v) is 5.53. The van der Waals surface area contributed by atoms with Crippen molar-refractivity contribution in [1.82, 2.24) is 9.97 Å². The van der Waals surface area contributed by atoms with Crippen molar-refractivity contribution in [2.45, 2.75) is 13.8 Å². The van der Waals surface area contributed by atoms with E-state index < -0.39 is 0 Å². The first-order chi connectivity index (χ1) is 8.20. The summed E-state index contributed by atoms with van der Waals surface area (Å²) >= 11 is 0. The van der Waals surface area contributed by atoms with Gasteiger partial charge in [-0.2, -0.15) is 0 Å². The predicted octanol–water partition coefficient (Wildman–Crippen LogP) is 3.02. The van der Waals surface area contributed by atoms with Crippen LogP contribution in [0.25, 0.3) is 11.3 Å². The summed E-state index contributed by atoms with van der Waals surface area (Å²) in [5, 5.41) is 3.11. The molecule has 17 heavy (non-hydrogen) atoms. The normalized spacial score (nSPS) is 10.3.